The first-order chi connectivity index (χ1) is 30.9. The predicted molar refractivity (Wildman–Crippen MR) is 268 cm³/mol. The second kappa shape index (κ2) is 29.3. The van der Waals surface area contributed by atoms with Crippen molar-refractivity contribution in [2.75, 3.05) is 38.9 Å². The van der Waals surface area contributed by atoms with Gasteiger partial charge in [0.25, 0.3) is 0 Å². The van der Waals surface area contributed by atoms with E-state index in [0.29, 0.717) is 53.9 Å². The van der Waals surface area contributed by atoms with Crippen LogP contribution in [0.1, 0.15) is 97.8 Å². The normalized spacial score (nSPS) is 16.8. The third kappa shape index (κ3) is 17.8. The number of nitrogens with zero attached hydrogens (tertiary/aromatic N) is 3. The van der Waals surface area contributed by atoms with Crippen LogP contribution in [0.15, 0.2) is 82.9 Å². The first kappa shape index (κ1) is 54.9. The minimum Gasteiger partial charge on any atom is -0.493 e. The lowest BCUT2D eigenvalue weighted by atomic mass is 10.1. The zero-order valence-corrected chi connectivity index (χ0v) is 41.6. The van der Waals surface area contributed by atoms with E-state index < -0.39 is 0 Å². The third-order valence-corrected chi connectivity index (χ3v) is 12.8. The summed E-state index contributed by atoms with van der Waals surface area (Å²) >= 11 is 0. The highest BCUT2D eigenvalue weighted by atomic mass is 33.1. The Morgan fingerprint density at radius 1 is 0.812 bits per heavy atom. The average Bonchev–Trinajstić information content (AvgIpc) is 3.94. The molecule has 0 aliphatic carbocycles. The first-order valence-corrected chi connectivity index (χ1v) is 24.4. The minimum absolute atomic E-state index is 0.00120. The lowest BCUT2D eigenvalue weighted by Crippen LogP contribution is -2.28. The van der Waals surface area contributed by atoms with E-state index >= 15 is 0 Å². The van der Waals surface area contributed by atoms with Gasteiger partial charge in [0.15, 0.2) is 23.0 Å². The molecular formula is C50H71N5O7S2. The molecule has 3 amide bonds. The topological polar surface area (TPSA) is 143 Å². The number of benzene rings is 3. The summed E-state index contributed by atoms with van der Waals surface area (Å²) < 4.78 is 23.6. The third-order valence-electron chi connectivity index (χ3n) is 10.1. The maximum absolute atomic E-state index is 13.1. The highest BCUT2D eigenvalue weighted by molar-refractivity contribution is 8.76. The van der Waals surface area contributed by atoms with Crippen molar-refractivity contribution in [2.45, 2.75) is 118 Å². The van der Waals surface area contributed by atoms with E-state index in [1.807, 2.05) is 121 Å². The molecule has 14 heteroatoms. The van der Waals surface area contributed by atoms with Crippen molar-refractivity contribution in [1.29, 1.82) is 5.41 Å². The molecule has 3 aromatic carbocycles. The standard InChI is InChI=1S/C38H47N3O6S2.C8H12N2O.2C2H6/c1-8-27-19-32(41(22-27)25-42)21-39-30-10-12-33(44-5)36(20-30)47-24-29-16-28(23-46-34-11-9-26(2)15-35(34)45-6)17-31(18-29)40-37(43)13-14-38(3,4)49-48-7;1-2-7-3-8(4-9)10(5-7)6-11;2*1-2/h8-12,15-18,20-21,25,32H,13-14,19,22-24H2,1-7H3,(H,40,43);2,4,6,8-9H,3,5H2,1H3;2*1-2H3/b27-8+,39-21?;7-2+,9-4?;;. The van der Waals surface area contributed by atoms with E-state index in [2.05, 4.69) is 24.2 Å². The van der Waals surface area contributed by atoms with Crippen LogP contribution in [0.2, 0.25) is 0 Å². The van der Waals surface area contributed by atoms with Crippen molar-refractivity contribution in [3.8, 4) is 23.0 Å². The largest absolute Gasteiger partial charge is 0.493 e. The maximum atomic E-state index is 13.1. The van der Waals surface area contributed by atoms with E-state index in [1.54, 1.807) is 51.8 Å². The number of methoxy groups -OCH3 is 2. The van der Waals surface area contributed by atoms with Gasteiger partial charge in [0, 0.05) is 48.4 Å². The molecule has 2 heterocycles. The fourth-order valence-electron chi connectivity index (χ4n) is 6.70. The summed E-state index contributed by atoms with van der Waals surface area (Å²) in [7, 11) is 6.69. The van der Waals surface area contributed by atoms with Crippen LogP contribution < -0.4 is 24.3 Å². The number of nitrogens with one attached hydrogen (secondary N) is 2. The van der Waals surface area contributed by atoms with Crippen LogP contribution >= 0.6 is 21.6 Å². The number of carbonyl (C=O) groups excluding carboxylic acids is 3. The summed E-state index contributed by atoms with van der Waals surface area (Å²) in [6.45, 7) is 20.0. The van der Waals surface area contributed by atoms with Crippen LogP contribution in [-0.4, -0.2) is 91.4 Å². The molecule has 2 saturated heterocycles. The molecule has 2 aliphatic rings. The summed E-state index contributed by atoms with van der Waals surface area (Å²) in [4.78, 5) is 43.1. The van der Waals surface area contributed by atoms with E-state index in [1.165, 1.54) is 17.4 Å². The summed E-state index contributed by atoms with van der Waals surface area (Å²) in [5.74, 6) is 2.32. The van der Waals surface area contributed by atoms with Crippen molar-refractivity contribution in [3.05, 3.63) is 94.6 Å². The van der Waals surface area contributed by atoms with Crippen molar-refractivity contribution < 1.29 is 33.3 Å². The van der Waals surface area contributed by atoms with Gasteiger partial charge in [-0.1, -0.05) is 78.6 Å². The van der Waals surface area contributed by atoms with Gasteiger partial charge in [-0.3, -0.25) is 19.4 Å². The number of carbonyl (C=O) groups is 3. The summed E-state index contributed by atoms with van der Waals surface area (Å²) in [5.41, 5.74) is 6.57. The monoisotopic (exact) mass is 917 g/mol. The molecule has 2 N–H and O–H groups in total. The molecule has 0 saturated carbocycles. The van der Waals surface area contributed by atoms with Crippen molar-refractivity contribution in [2.24, 2.45) is 4.99 Å². The number of aryl methyl sites for hydroxylation is 1. The Balaban J connectivity index is 0.000000803. The van der Waals surface area contributed by atoms with Crippen LogP contribution in [-0.2, 0) is 27.6 Å². The molecule has 64 heavy (non-hydrogen) atoms. The Morgan fingerprint density at radius 3 is 1.91 bits per heavy atom. The first-order valence-electron chi connectivity index (χ1n) is 21.9. The number of anilines is 1. The maximum Gasteiger partial charge on any atom is 0.224 e. The molecular weight excluding hydrogens is 847 g/mol. The molecule has 3 aromatic rings. The Morgan fingerprint density at radius 2 is 1.38 bits per heavy atom. The van der Waals surface area contributed by atoms with Crippen LogP contribution in [0.5, 0.6) is 23.0 Å². The number of likely N-dealkylation sites (tertiary alicyclic amines) is 2. The molecule has 2 aliphatic heterocycles. The lowest BCUT2D eigenvalue weighted by Gasteiger charge is -2.22. The molecule has 350 valence electrons. The van der Waals surface area contributed by atoms with Gasteiger partial charge in [0.1, 0.15) is 13.2 Å². The predicted octanol–water partition coefficient (Wildman–Crippen LogP) is 11.4. The molecule has 2 atom stereocenters. The molecule has 0 radical (unpaired) electrons. The lowest BCUT2D eigenvalue weighted by molar-refractivity contribution is -0.118. The summed E-state index contributed by atoms with van der Waals surface area (Å²) in [6, 6.07) is 17.0. The SMILES string of the molecule is C/C=C1\CC(C=N)N(C=O)C1.C/C=C1\CC(C=Nc2ccc(OC)c(OCc3cc(COc4ccc(C)cc4OC)cc(NC(=O)CCC(C)(C)SSC)c3)c2)N(C=O)C1.CC.CC. The Kier molecular flexibility index (Phi) is 25.1. The summed E-state index contributed by atoms with van der Waals surface area (Å²) in [5, 5.41) is 10.1. The zero-order valence-electron chi connectivity index (χ0n) is 40.0. The quantitative estimate of drug-likeness (QED) is 0.0520. The van der Waals surface area contributed by atoms with E-state index in [0.717, 1.165) is 48.8 Å². The zero-order chi connectivity index (χ0) is 47.7. The van der Waals surface area contributed by atoms with Crippen LogP contribution in [0.4, 0.5) is 11.4 Å². The molecule has 0 bridgehead atoms. The highest BCUT2D eigenvalue weighted by Crippen LogP contribution is 2.37. The molecule has 12 nitrogen and oxygen atoms in total. The number of hydrogen-bond acceptors (Lipinski definition) is 11. The number of aliphatic imine (C=N–C) groups is 1. The van der Waals surface area contributed by atoms with Gasteiger partial charge in [-0.25, -0.2) is 0 Å². The number of hydrogen-bond donors (Lipinski definition) is 2. The second-order valence-electron chi connectivity index (χ2n) is 15.1. The highest BCUT2D eigenvalue weighted by Gasteiger charge is 2.25. The van der Waals surface area contributed by atoms with Gasteiger partial charge in [0.05, 0.1) is 32.0 Å². The second-order valence-corrected chi connectivity index (χ2v) is 18.2. The van der Waals surface area contributed by atoms with Crippen molar-refractivity contribution >= 4 is 64.1 Å². The fourth-order valence-corrected chi connectivity index (χ4v) is 8.94. The van der Waals surface area contributed by atoms with Crippen LogP contribution in [0.3, 0.4) is 0 Å². The number of allylic oxidation sites excluding steroid dienone is 2. The van der Waals surface area contributed by atoms with Gasteiger partial charge < -0.3 is 39.5 Å². The molecule has 2 fully saturated rings. The molecule has 2 unspecified atom stereocenters. The van der Waals surface area contributed by atoms with E-state index in [4.69, 9.17) is 24.4 Å². The van der Waals surface area contributed by atoms with E-state index in [9.17, 15) is 14.4 Å². The minimum atomic E-state index is -0.0935. The van der Waals surface area contributed by atoms with E-state index in [-0.39, 0.29) is 36.0 Å². The van der Waals surface area contributed by atoms with Gasteiger partial charge in [-0.2, -0.15) is 0 Å². The van der Waals surface area contributed by atoms with Gasteiger partial charge in [-0.05, 0) is 119 Å². The smallest absolute Gasteiger partial charge is 0.224 e. The van der Waals surface area contributed by atoms with Gasteiger partial charge in [-0.15, -0.1) is 0 Å². The average molecular weight is 918 g/mol. The number of rotatable bonds is 19. The van der Waals surface area contributed by atoms with Gasteiger partial charge >= 0.3 is 0 Å². The summed E-state index contributed by atoms with van der Waals surface area (Å²) in [6.07, 6.45) is 13.7. The fraction of sp³-hybridized carbons (Fsp3) is 0.460. The van der Waals surface area contributed by atoms with Crippen LogP contribution in [0, 0.1) is 12.3 Å². The van der Waals surface area contributed by atoms with Crippen molar-refractivity contribution in [1.82, 2.24) is 9.80 Å². The molecule has 0 spiro atoms. The number of ether oxygens (including phenoxy) is 4. The Labute approximate surface area is 390 Å². The van der Waals surface area contributed by atoms with Crippen LogP contribution in [0.25, 0.3) is 0 Å². The number of amides is 3. The molecule has 5 rings (SSSR count). The van der Waals surface area contributed by atoms with Crippen molar-refractivity contribution in [3.63, 3.8) is 0 Å². The molecule has 0 aromatic heterocycles. The Bertz CT molecular complexity index is 2020. The Hall–Kier alpha value is -5.21. The van der Waals surface area contributed by atoms with Gasteiger partial charge in [0.2, 0.25) is 18.7 Å².